The van der Waals surface area contributed by atoms with Crippen LogP contribution in [0, 0.1) is 0 Å². The van der Waals surface area contributed by atoms with Crippen LogP contribution in [0.5, 0.6) is 11.5 Å². The summed E-state index contributed by atoms with van der Waals surface area (Å²) >= 11 is 0. The van der Waals surface area contributed by atoms with E-state index in [9.17, 15) is 13.5 Å². The minimum atomic E-state index is -3.79. The highest BCUT2D eigenvalue weighted by molar-refractivity contribution is 8.13. The molecule has 0 saturated heterocycles. The molecule has 4 nitrogen and oxygen atoms in total. The number of hydrogen-bond acceptors (Lipinski definition) is 4. The molecule has 0 aromatic heterocycles. The second-order valence-electron chi connectivity index (χ2n) is 2.27. The maximum Gasteiger partial charge on any atom is 0.261 e. The van der Waals surface area contributed by atoms with E-state index in [1.807, 2.05) is 0 Å². The lowest BCUT2D eigenvalue weighted by molar-refractivity contribution is 0.372. The molecule has 0 atom stereocenters. The van der Waals surface area contributed by atoms with Crippen LogP contribution < -0.4 is 4.74 Å². The molecule has 0 radical (unpaired) electrons. The summed E-state index contributed by atoms with van der Waals surface area (Å²) in [5, 5.41) is 9.21. The van der Waals surface area contributed by atoms with E-state index >= 15 is 0 Å². The molecule has 6 heteroatoms. The van der Waals surface area contributed by atoms with Gasteiger partial charge in [-0.05, 0) is 12.1 Å². The predicted molar refractivity (Wildman–Crippen MR) is 47.7 cm³/mol. The maximum atomic E-state index is 10.8. The Morgan fingerprint density at radius 3 is 2.46 bits per heavy atom. The Hall–Kier alpha value is -0.940. The number of ether oxygens (including phenoxy) is 1. The second kappa shape index (κ2) is 3.43. The fourth-order valence-corrected chi connectivity index (χ4v) is 1.59. The number of benzene rings is 1. The largest absolute Gasteiger partial charge is 0.504 e. The molecule has 1 aromatic rings. The van der Waals surface area contributed by atoms with Crippen LogP contribution >= 0.6 is 10.7 Å². The Kier molecular flexibility index (Phi) is 2.68. The van der Waals surface area contributed by atoms with Gasteiger partial charge in [-0.15, -0.1) is 0 Å². The lowest BCUT2D eigenvalue weighted by Gasteiger charge is -2.03. The molecule has 0 aliphatic rings. The number of hydrogen-bond donors (Lipinski definition) is 1. The number of halogens is 1. The van der Waals surface area contributed by atoms with Crippen LogP contribution in [0.3, 0.4) is 0 Å². The average molecular weight is 223 g/mol. The van der Waals surface area contributed by atoms with Gasteiger partial charge in [0.25, 0.3) is 9.05 Å². The zero-order valence-corrected chi connectivity index (χ0v) is 8.26. The maximum absolute atomic E-state index is 10.8. The van der Waals surface area contributed by atoms with Gasteiger partial charge in [0.05, 0.1) is 12.0 Å². The van der Waals surface area contributed by atoms with Gasteiger partial charge in [0.15, 0.2) is 11.5 Å². The minimum Gasteiger partial charge on any atom is -0.504 e. The Morgan fingerprint density at radius 2 is 2.08 bits per heavy atom. The number of phenolic OH excluding ortho intramolecular Hbond substituents is 1. The van der Waals surface area contributed by atoms with Crippen molar-refractivity contribution in [2.75, 3.05) is 7.11 Å². The smallest absolute Gasteiger partial charge is 0.261 e. The van der Waals surface area contributed by atoms with E-state index < -0.39 is 9.05 Å². The number of rotatable bonds is 2. The van der Waals surface area contributed by atoms with Gasteiger partial charge in [-0.25, -0.2) is 8.42 Å². The molecule has 0 unspecified atom stereocenters. The molecule has 0 fully saturated rings. The van der Waals surface area contributed by atoms with Gasteiger partial charge >= 0.3 is 0 Å². The molecule has 1 rings (SSSR count). The van der Waals surface area contributed by atoms with Gasteiger partial charge in [-0.1, -0.05) is 0 Å². The van der Waals surface area contributed by atoms with Gasteiger partial charge in [-0.2, -0.15) is 0 Å². The fraction of sp³-hybridized carbons (Fsp3) is 0.143. The topological polar surface area (TPSA) is 63.6 Å². The van der Waals surface area contributed by atoms with Gasteiger partial charge in [0.2, 0.25) is 0 Å². The molecule has 72 valence electrons. The number of aromatic hydroxyl groups is 1. The highest BCUT2D eigenvalue weighted by Gasteiger charge is 2.12. The number of phenols is 1. The third-order valence-corrected chi connectivity index (χ3v) is 2.78. The molecule has 0 aliphatic heterocycles. The summed E-state index contributed by atoms with van der Waals surface area (Å²) in [4.78, 5) is -0.160. The first-order valence-electron chi connectivity index (χ1n) is 3.27. The molecular weight excluding hydrogens is 216 g/mol. The monoisotopic (exact) mass is 222 g/mol. The minimum absolute atomic E-state index is 0.160. The second-order valence-corrected chi connectivity index (χ2v) is 4.84. The van der Waals surface area contributed by atoms with Gasteiger partial charge in [0, 0.05) is 16.7 Å². The third-order valence-electron chi connectivity index (χ3n) is 1.43. The van der Waals surface area contributed by atoms with E-state index in [4.69, 9.17) is 15.4 Å². The molecule has 1 N–H and O–H groups in total. The van der Waals surface area contributed by atoms with Crippen molar-refractivity contribution in [3.8, 4) is 11.5 Å². The van der Waals surface area contributed by atoms with Crippen LogP contribution in [0.15, 0.2) is 23.1 Å². The quantitative estimate of drug-likeness (QED) is 0.767. The molecular formula is C7H7ClO4S. The Morgan fingerprint density at radius 1 is 1.46 bits per heavy atom. The van der Waals surface area contributed by atoms with E-state index in [1.54, 1.807) is 0 Å². The fourth-order valence-electron chi connectivity index (χ4n) is 0.821. The molecule has 13 heavy (non-hydrogen) atoms. The van der Waals surface area contributed by atoms with E-state index in [-0.39, 0.29) is 16.4 Å². The summed E-state index contributed by atoms with van der Waals surface area (Å²) in [6.07, 6.45) is 0. The Bertz CT molecular complexity index is 413. The average Bonchev–Trinajstić information content (AvgIpc) is 2.02. The summed E-state index contributed by atoms with van der Waals surface area (Å²) in [6, 6.07) is 3.60. The van der Waals surface area contributed by atoms with Crippen LogP contribution in [0.1, 0.15) is 0 Å². The molecule has 0 saturated carbocycles. The zero-order chi connectivity index (χ0) is 10.1. The predicted octanol–water partition coefficient (Wildman–Crippen LogP) is 1.33. The van der Waals surface area contributed by atoms with Gasteiger partial charge in [0.1, 0.15) is 0 Å². The van der Waals surface area contributed by atoms with Crippen molar-refractivity contribution >= 4 is 19.7 Å². The zero-order valence-electron chi connectivity index (χ0n) is 6.69. The van der Waals surface area contributed by atoms with Crippen molar-refractivity contribution < 1.29 is 18.3 Å². The van der Waals surface area contributed by atoms with Crippen LogP contribution in [0.25, 0.3) is 0 Å². The summed E-state index contributed by atoms with van der Waals surface area (Å²) < 4.78 is 26.3. The lowest BCUT2D eigenvalue weighted by Crippen LogP contribution is -1.91. The molecule has 0 spiro atoms. The van der Waals surface area contributed by atoms with E-state index in [2.05, 4.69) is 0 Å². The Labute approximate surface area is 80.1 Å². The van der Waals surface area contributed by atoms with E-state index in [0.717, 1.165) is 6.07 Å². The van der Waals surface area contributed by atoms with Crippen molar-refractivity contribution in [3.63, 3.8) is 0 Å². The van der Waals surface area contributed by atoms with Crippen molar-refractivity contribution in [2.24, 2.45) is 0 Å². The highest BCUT2D eigenvalue weighted by Crippen LogP contribution is 2.29. The molecule has 0 amide bonds. The van der Waals surface area contributed by atoms with E-state index in [0.29, 0.717) is 0 Å². The van der Waals surface area contributed by atoms with E-state index in [1.165, 1.54) is 19.2 Å². The first-order chi connectivity index (χ1) is 5.95. The van der Waals surface area contributed by atoms with Gasteiger partial charge < -0.3 is 9.84 Å². The SMILES string of the molecule is COc1ccc(S(=O)(=O)Cl)cc1O. The Balaban J connectivity index is 3.26. The summed E-state index contributed by atoms with van der Waals surface area (Å²) in [5.41, 5.74) is 0. The van der Waals surface area contributed by atoms with Crippen LogP contribution in [0.2, 0.25) is 0 Å². The number of methoxy groups -OCH3 is 1. The summed E-state index contributed by atoms with van der Waals surface area (Å²) in [5.74, 6) is -0.0618. The molecule has 0 bridgehead atoms. The summed E-state index contributed by atoms with van der Waals surface area (Å²) in [6.45, 7) is 0. The third kappa shape index (κ3) is 2.26. The first-order valence-corrected chi connectivity index (χ1v) is 5.58. The van der Waals surface area contributed by atoms with Crippen molar-refractivity contribution in [1.82, 2.24) is 0 Å². The van der Waals surface area contributed by atoms with Crippen LogP contribution in [-0.2, 0) is 9.05 Å². The van der Waals surface area contributed by atoms with Crippen molar-refractivity contribution in [3.05, 3.63) is 18.2 Å². The van der Waals surface area contributed by atoms with Crippen molar-refractivity contribution in [2.45, 2.75) is 4.90 Å². The standard InChI is InChI=1S/C7H7ClO4S/c1-12-7-3-2-5(4-6(7)9)13(8,10)11/h2-4,9H,1H3. The lowest BCUT2D eigenvalue weighted by atomic mass is 10.3. The summed E-state index contributed by atoms with van der Waals surface area (Å²) in [7, 11) is 2.62. The molecule has 1 aromatic carbocycles. The molecule has 0 aliphatic carbocycles. The van der Waals surface area contributed by atoms with Crippen LogP contribution in [-0.4, -0.2) is 20.6 Å². The first kappa shape index (κ1) is 10.1. The van der Waals surface area contributed by atoms with Crippen molar-refractivity contribution in [1.29, 1.82) is 0 Å². The molecule has 0 heterocycles. The highest BCUT2D eigenvalue weighted by atomic mass is 35.7. The van der Waals surface area contributed by atoms with Crippen LogP contribution in [0.4, 0.5) is 0 Å². The normalized spacial score (nSPS) is 11.2. The van der Waals surface area contributed by atoms with Gasteiger partial charge in [-0.3, -0.25) is 0 Å².